The predicted octanol–water partition coefficient (Wildman–Crippen LogP) is -0.567. The molecule has 1 aromatic heterocycles. The number of nitrogens with one attached hydrogen (secondary N) is 2. The summed E-state index contributed by atoms with van der Waals surface area (Å²) < 4.78 is 1.58. The van der Waals surface area contributed by atoms with Crippen LogP contribution < -0.4 is 10.6 Å². The van der Waals surface area contributed by atoms with Crippen molar-refractivity contribution in [1.82, 2.24) is 25.6 Å². The molecule has 2 amide bonds. The lowest BCUT2D eigenvalue weighted by molar-refractivity contribution is -0.129. The molecule has 21 heavy (non-hydrogen) atoms. The highest BCUT2D eigenvalue weighted by Crippen LogP contribution is 2.41. The zero-order chi connectivity index (χ0) is 14.9. The molecule has 3 rings (SSSR count). The third-order valence-electron chi connectivity index (χ3n) is 3.99. The molecule has 1 aromatic rings. The summed E-state index contributed by atoms with van der Waals surface area (Å²) >= 11 is 0. The first-order valence-electron chi connectivity index (χ1n) is 7.00. The number of piperidine rings is 1. The van der Waals surface area contributed by atoms with E-state index in [4.69, 9.17) is 5.26 Å². The first-order valence-corrected chi connectivity index (χ1v) is 7.00. The van der Waals surface area contributed by atoms with Crippen LogP contribution in [0.1, 0.15) is 31.4 Å². The van der Waals surface area contributed by atoms with Crippen molar-refractivity contribution in [2.45, 2.75) is 37.8 Å². The number of carbonyl (C=O) groups is 2. The lowest BCUT2D eigenvalue weighted by atomic mass is 9.98. The average molecular weight is 288 g/mol. The maximum Gasteiger partial charge on any atom is 0.225 e. The summed E-state index contributed by atoms with van der Waals surface area (Å²) in [5.74, 6) is -0.286. The van der Waals surface area contributed by atoms with E-state index in [1.807, 2.05) is 0 Å². The second-order valence-corrected chi connectivity index (χ2v) is 5.56. The lowest BCUT2D eigenvalue weighted by Gasteiger charge is -2.21. The zero-order valence-corrected chi connectivity index (χ0v) is 11.5. The van der Waals surface area contributed by atoms with Crippen molar-refractivity contribution < 1.29 is 9.59 Å². The minimum absolute atomic E-state index is 0.00627. The monoisotopic (exact) mass is 288 g/mol. The molecule has 0 aromatic carbocycles. The molecular weight excluding hydrogens is 272 g/mol. The number of nitriles is 1. The fourth-order valence-corrected chi connectivity index (χ4v) is 2.38. The Morgan fingerprint density at radius 2 is 2.43 bits per heavy atom. The Balaban J connectivity index is 1.52. The summed E-state index contributed by atoms with van der Waals surface area (Å²) in [6.07, 6.45) is 4.25. The van der Waals surface area contributed by atoms with Gasteiger partial charge in [0.25, 0.3) is 0 Å². The van der Waals surface area contributed by atoms with Crippen molar-refractivity contribution >= 4 is 11.8 Å². The van der Waals surface area contributed by atoms with Crippen LogP contribution in [-0.4, -0.2) is 33.4 Å². The molecule has 0 radical (unpaired) electrons. The zero-order valence-electron chi connectivity index (χ0n) is 11.5. The average Bonchev–Trinajstić information content (AvgIpc) is 3.16. The number of carbonyl (C=O) groups excluding carboxylic acids is 2. The van der Waals surface area contributed by atoms with E-state index in [-0.39, 0.29) is 24.3 Å². The van der Waals surface area contributed by atoms with E-state index in [1.165, 1.54) is 0 Å². The number of hydrogen-bond donors (Lipinski definition) is 2. The first kappa shape index (κ1) is 13.5. The van der Waals surface area contributed by atoms with Crippen LogP contribution in [0.5, 0.6) is 0 Å². The molecule has 2 aliphatic rings. The molecule has 1 atom stereocenters. The van der Waals surface area contributed by atoms with E-state index in [2.05, 4.69) is 27.0 Å². The molecule has 1 aliphatic heterocycles. The molecule has 0 bridgehead atoms. The Morgan fingerprint density at radius 3 is 3.05 bits per heavy atom. The molecule has 0 spiro atoms. The van der Waals surface area contributed by atoms with Crippen molar-refractivity contribution in [2.24, 2.45) is 5.92 Å². The van der Waals surface area contributed by atoms with Gasteiger partial charge in [-0.3, -0.25) is 9.59 Å². The van der Waals surface area contributed by atoms with Gasteiger partial charge in [-0.2, -0.15) is 5.26 Å². The Hall–Kier alpha value is -2.43. The Morgan fingerprint density at radius 1 is 1.62 bits per heavy atom. The van der Waals surface area contributed by atoms with Crippen LogP contribution in [0.4, 0.5) is 0 Å². The van der Waals surface area contributed by atoms with Crippen molar-refractivity contribution in [3.8, 4) is 6.07 Å². The Kier molecular flexibility index (Phi) is 3.33. The van der Waals surface area contributed by atoms with Gasteiger partial charge in [-0.15, -0.1) is 5.10 Å². The van der Waals surface area contributed by atoms with Crippen molar-refractivity contribution in [2.75, 3.05) is 6.54 Å². The van der Waals surface area contributed by atoms with E-state index in [1.54, 1.807) is 10.9 Å². The highest BCUT2D eigenvalue weighted by atomic mass is 16.2. The first-order chi connectivity index (χ1) is 10.1. The van der Waals surface area contributed by atoms with Gasteiger partial charge >= 0.3 is 0 Å². The third-order valence-corrected chi connectivity index (χ3v) is 3.99. The highest BCUT2D eigenvalue weighted by Gasteiger charge is 2.46. The van der Waals surface area contributed by atoms with Crippen LogP contribution in [0.2, 0.25) is 0 Å². The van der Waals surface area contributed by atoms with Crippen molar-refractivity contribution in [3.05, 3.63) is 11.9 Å². The molecule has 110 valence electrons. The number of amides is 2. The summed E-state index contributed by atoms with van der Waals surface area (Å²) in [6.45, 7) is 0.666. The van der Waals surface area contributed by atoms with Gasteiger partial charge in [0.15, 0.2) is 5.54 Å². The largest absolute Gasteiger partial charge is 0.355 e. The van der Waals surface area contributed by atoms with Crippen LogP contribution in [0.3, 0.4) is 0 Å². The molecule has 1 saturated carbocycles. The summed E-state index contributed by atoms with van der Waals surface area (Å²) in [5.41, 5.74) is 0.104. The maximum absolute atomic E-state index is 12.0. The topological polar surface area (TPSA) is 113 Å². The molecule has 1 aliphatic carbocycles. The summed E-state index contributed by atoms with van der Waals surface area (Å²) in [6, 6.07) is 2.24. The van der Waals surface area contributed by atoms with E-state index >= 15 is 0 Å². The lowest BCUT2D eigenvalue weighted by Crippen LogP contribution is -2.42. The molecule has 1 unspecified atom stereocenters. The third kappa shape index (κ3) is 2.72. The normalized spacial score (nSPS) is 23.0. The SMILES string of the molecule is N#CC1(n2cc(CNC(=O)C3CCC(=O)NC3)nn2)CC1. The van der Waals surface area contributed by atoms with Gasteiger partial charge in [-0.05, 0) is 19.3 Å². The van der Waals surface area contributed by atoms with Crippen LogP contribution in [-0.2, 0) is 21.7 Å². The minimum Gasteiger partial charge on any atom is -0.355 e. The fraction of sp³-hybridized carbons (Fsp3) is 0.615. The van der Waals surface area contributed by atoms with Crippen molar-refractivity contribution in [1.29, 1.82) is 5.26 Å². The highest BCUT2D eigenvalue weighted by molar-refractivity contribution is 5.83. The molecule has 2 heterocycles. The quantitative estimate of drug-likeness (QED) is 0.770. The minimum atomic E-state index is -0.525. The summed E-state index contributed by atoms with van der Waals surface area (Å²) in [4.78, 5) is 23.0. The molecule has 1 saturated heterocycles. The predicted molar refractivity (Wildman–Crippen MR) is 70.4 cm³/mol. The van der Waals surface area contributed by atoms with E-state index in [0.29, 0.717) is 25.1 Å². The molecular formula is C13H16N6O2. The van der Waals surface area contributed by atoms with Gasteiger partial charge in [0.2, 0.25) is 11.8 Å². The van der Waals surface area contributed by atoms with Crippen molar-refractivity contribution in [3.63, 3.8) is 0 Å². The maximum atomic E-state index is 12.0. The molecule has 8 heteroatoms. The van der Waals surface area contributed by atoms with Gasteiger partial charge in [0.05, 0.1) is 24.7 Å². The second-order valence-electron chi connectivity index (χ2n) is 5.56. The van der Waals surface area contributed by atoms with Gasteiger partial charge in [0, 0.05) is 13.0 Å². The fourth-order valence-electron chi connectivity index (χ4n) is 2.38. The van der Waals surface area contributed by atoms with Crippen LogP contribution in [0, 0.1) is 17.2 Å². The molecule has 8 nitrogen and oxygen atoms in total. The van der Waals surface area contributed by atoms with Crippen LogP contribution >= 0.6 is 0 Å². The standard InChI is InChI=1S/C13H16N6O2/c14-8-13(3-4-13)19-7-10(17-18-19)6-16-12(21)9-1-2-11(20)15-5-9/h7,9H,1-6H2,(H,15,20)(H,16,21). The number of rotatable bonds is 4. The molecule has 2 fully saturated rings. The Labute approximate surface area is 121 Å². The summed E-state index contributed by atoms with van der Waals surface area (Å²) in [5, 5.41) is 22.5. The van der Waals surface area contributed by atoms with Gasteiger partial charge in [-0.25, -0.2) is 4.68 Å². The van der Waals surface area contributed by atoms with Gasteiger partial charge < -0.3 is 10.6 Å². The number of hydrogen-bond acceptors (Lipinski definition) is 5. The van der Waals surface area contributed by atoms with Crippen LogP contribution in [0.25, 0.3) is 0 Å². The van der Waals surface area contributed by atoms with Gasteiger partial charge in [0.1, 0.15) is 5.69 Å². The number of aromatic nitrogens is 3. The smallest absolute Gasteiger partial charge is 0.225 e. The number of nitrogens with zero attached hydrogens (tertiary/aromatic N) is 4. The van der Waals surface area contributed by atoms with Crippen LogP contribution in [0.15, 0.2) is 6.20 Å². The summed E-state index contributed by atoms with van der Waals surface area (Å²) in [7, 11) is 0. The van der Waals surface area contributed by atoms with E-state index in [9.17, 15) is 9.59 Å². The van der Waals surface area contributed by atoms with E-state index in [0.717, 1.165) is 12.8 Å². The molecule has 2 N–H and O–H groups in total. The second kappa shape index (κ2) is 5.16. The van der Waals surface area contributed by atoms with Gasteiger partial charge in [-0.1, -0.05) is 5.21 Å². The van der Waals surface area contributed by atoms with E-state index < -0.39 is 5.54 Å². The Bertz CT molecular complexity index is 602.